The van der Waals surface area contributed by atoms with Crippen molar-refractivity contribution in [1.82, 2.24) is 0 Å². The summed E-state index contributed by atoms with van der Waals surface area (Å²) in [7, 11) is 0. The molecule has 5 aromatic carbocycles. The van der Waals surface area contributed by atoms with Crippen molar-refractivity contribution in [3.05, 3.63) is 126 Å². The van der Waals surface area contributed by atoms with Gasteiger partial charge in [-0.25, -0.2) is 4.79 Å². The van der Waals surface area contributed by atoms with E-state index in [2.05, 4.69) is 104 Å². The molecule has 0 bridgehead atoms. The number of rotatable bonds is 4. The summed E-state index contributed by atoms with van der Waals surface area (Å²) in [6, 6.07) is 37.4. The highest BCUT2D eigenvalue weighted by Crippen LogP contribution is 2.51. The lowest BCUT2D eigenvalue weighted by molar-refractivity contribution is 0.0697. The van der Waals surface area contributed by atoms with E-state index in [1.165, 1.54) is 16.3 Å². The Hall–Kier alpha value is -4.37. The lowest BCUT2D eigenvalue weighted by Gasteiger charge is -2.29. The minimum Gasteiger partial charge on any atom is -0.478 e. The fraction of sp³-hybridized carbons (Fsp3) is 0.0938. The van der Waals surface area contributed by atoms with Crippen molar-refractivity contribution >= 4 is 33.8 Å². The second-order valence-electron chi connectivity index (χ2n) is 9.59. The van der Waals surface area contributed by atoms with Crippen molar-refractivity contribution in [2.45, 2.75) is 19.3 Å². The normalized spacial score (nSPS) is 13.3. The van der Waals surface area contributed by atoms with Crippen LogP contribution < -0.4 is 4.90 Å². The molecule has 0 fully saturated rings. The Labute approximate surface area is 204 Å². The molecule has 0 aliphatic heterocycles. The van der Waals surface area contributed by atoms with Gasteiger partial charge in [0, 0.05) is 22.2 Å². The van der Waals surface area contributed by atoms with Crippen molar-refractivity contribution in [3.8, 4) is 11.1 Å². The summed E-state index contributed by atoms with van der Waals surface area (Å²) in [6.07, 6.45) is 0. The fourth-order valence-electron chi connectivity index (χ4n) is 5.42. The highest BCUT2D eigenvalue weighted by molar-refractivity contribution is 5.99. The van der Waals surface area contributed by atoms with Crippen LogP contribution in [0.15, 0.2) is 109 Å². The number of para-hydroxylation sites is 1. The van der Waals surface area contributed by atoms with Crippen LogP contribution in [0.25, 0.3) is 21.9 Å². The molecule has 0 amide bonds. The van der Waals surface area contributed by atoms with Gasteiger partial charge in [-0.15, -0.1) is 0 Å². The molecule has 1 N–H and O–H groups in total. The monoisotopic (exact) mass is 455 g/mol. The van der Waals surface area contributed by atoms with E-state index in [9.17, 15) is 9.90 Å². The fourth-order valence-corrected chi connectivity index (χ4v) is 5.42. The molecule has 3 heteroatoms. The van der Waals surface area contributed by atoms with Crippen LogP contribution in [0.1, 0.15) is 35.3 Å². The first-order valence-corrected chi connectivity index (χ1v) is 11.8. The van der Waals surface area contributed by atoms with Crippen LogP contribution in [0.2, 0.25) is 0 Å². The van der Waals surface area contributed by atoms with Gasteiger partial charge in [-0.3, -0.25) is 0 Å². The van der Waals surface area contributed by atoms with E-state index >= 15 is 0 Å². The number of fused-ring (bicyclic) bond motifs is 4. The zero-order valence-electron chi connectivity index (χ0n) is 19.7. The number of aromatic carboxylic acids is 1. The van der Waals surface area contributed by atoms with E-state index in [0.717, 1.165) is 33.8 Å². The van der Waals surface area contributed by atoms with Crippen LogP contribution in [-0.2, 0) is 5.41 Å². The molecule has 35 heavy (non-hydrogen) atoms. The predicted molar refractivity (Wildman–Crippen MR) is 143 cm³/mol. The number of hydrogen-bond donors (Lipinski definition) is 1. The Morgan fingerprint density at radius 2 is 1.43 bits per heavy atom. The average Bonchev–Trinajstić information content (AvgIpc) is 3.11. The molecule has 0 radical (unpaired) electrons. The summed E-state index contributed by atoms with van der Waals surface area (Å²) in [6.45, 7) is 4.43. The summed E-state index contributed by atoms with van der Waals surface area (Å²) in [5.74, 6) is -0.901. The molecule has 0 spiro atoms. The van der Waals surface area contributed by atoms with Gasteiger partial charge >= 0.3 is 5.97 Å². The molecular formula is C32H25NO2. The second kappa shape index (κ2) is 7.85. The lowest BCUT2D eigenvalue weighted by atomic mass is 9.82. The van der Waals surface area contributed by atoms with Gasteiger partial charge in [0.25, 0.3) is 0 Å². The number of carboxylic acid groups (broad SMARTS) is 1. The first-order valence-electron chi connectivity index (χ1n) is 11.8. The molecule has 3 nitrogen and oxygen atoms in total. The van der Waals surface area contributed by atoms with Gasteiger partial charge in [0.15, 0.2) is 0 Å². The molecule has 1 aliphatic carbocycles. The Morgan fingerprint density at radius 1 is 0.686 bits per heavy atom. The number of anilines is 3. The second-order valence-corrected chi connectivity index (χ2v) is 9.59. The van der Waals surface area contributed by atoms with Crippen molar-refractivity contribution in [2.75, 3.05) is 4.90 Å². The van der Waals surface area contributed by atoms with E-state index in [-0.39, 0.29) is 5.41 Å². The lowest BCUT2D eigenvalue weighted by Crippen LogP contribution is -2.16. The van der Waals surface area contributed by atoms with Crippen LogP contribution in [0.3, 0.4) is 0 Å². The largest absolute Gasteiger partial charge is 0.478 e. The maximum atomic E-state index is 11.6. The number of nitrogens with zero attached hydrogens (tertiary/aromatic N) is 1. The molecule has 6 rings (SSSR count). The maximum absolute atomic E-state index is 11.6. The standard InChI is InChI=1S/C32H25NO2/c1-32(2)28-18-15-22(31(34)35)19-27(28)26-17-16-24(20-29(26)32)33(23-11-4-3-5-12-23)30-14-8-10-21-9-6-7-13-25(21)30/h3-20H,1-2H3,(H,34,35). The summed E-state index contributed by atoms with van der Waals surface area (Å²) < 4.78 is 0. The van der Waals surface area contributed by atoms with Gasteiger partial charge in [-0.1, -0.05) is 80.6 Å². The van der Waals surface area contributed by atoms with Crippen molar-refractivity contribution in [1.29, 1.82) is 0 Å². The first-order chi connectivity index (χ1) is 16.9. The minimum atomic E-state index is -0.901. The van der Waals surface area contributed by atoms with Gasteiger partial charge < -0.3 is 10.0 Å². The third kappa shape index (κ3) is 3.31. The number of carbonyl (C=O) groups is 1. The van der Waals surface area contributed by atoms with E-state index in [4.69, 9.17) is 0 Å². The van der Waals surface area contributed by atoms with Gasteiger partial charge in [-0.05, 0) is 70.1 Å². The topological polar surface area (TPSA) is 40.5 Å². The summed E-state index contributed by atoms with van der Waals surface area (Å²) in [4.78, 5) is 13.9. The highest BCUT2D eigenvalue weighted by Gasteiger charge is 2.36. The van der Waals surface area contributed by atoms with Crippen LogP contribution >= 0.6 is 0 Å². The molecule has 170 valence electrons. The van der Waals surface area contributed by atoms with Gasteiger partial charge in [-0.2, -0.15) is 0 Å². The van der Waals surface area contributed by atoms with E-state index in [1.807, 2.05) is 18.2 Å². The summed E-state index contributed by atoms with van der Waals surface area (Å²) in [5.41, 5.74) is 7.83. The van der Waals surface area contributed by atoms with Gasteiger partial charge in [0.2, 0.25) is 0 Å². The number of hydrogen-bond acceptors (Lipinski definition) is 2. The smallest absolute Gasteiger partial charge is 0.335 e. The summed E-state index contributed by atoms with van der Waals surface area (Å²) >= 11 is 0. The molecule has 0 atom stereocenters. The van der Waals surface area contributed by atoms with Crippen LogP contribution in [0.4, 0.5) is 17.1 Å². The third-order valence-corrected chi connectivity index (χ3v) is 7.19. The molecule has 0 saturated heterocycles. The number of benzene rings is 5. The molecule has 0 aromatic heterocycles. The zero-order chi connectivity index (χ0) is 24.2. The van der Waals surface area contributed by atoms with E-state index in [1.54, 1.807) is 6.07 Å². The minimum absolute atomic E-state index is 0.237. The predicted octanol–water partition coefficient (Wildman–Crippen LogP) is 8.31. The highest BCUT2D eigenvalue weighted by atomic mass is 16.4. The van der Waals surface area contributed by atoms with Crippen molar-refractivity contribution < 1.29 is 9.90 Å². The van der Waals surface area contributed by atoms with Crippen LogP contribution in [-0.4, -0.2) is 11.1 Å². The van der Waals surface area contributed by atoms with Crippen molar-refractivity contribution in [2.24, 2.45) is 0 Å². The Kier molecular flexibility index (Phi) is 4.75. The molecular weight excluding hydrogens is 430 g/mol. The molecule has 0 heterocycles. The Morgan fingerprint density at radius 3 is 2.23 bits per heavy atom. The van der Waals surface area contributed by atoms with Crippen LogP contribution in [0, 0.1) is 0 Å². The van der Waals surface area contributed by atoms with E-state index in [0.29, 0.717) is 5.56 Å². The molecule has 0 unspecified atom stereocenters. The van der Waals surface area contributed by atoms with Crippen LogP contribution in [0.5, 0.6) is 0 Å². The SMILES string of the molecule is CC1(C)c2ccc(C(=O)O)cc2-c2ccc(N(c3ccccc3)c3cccc4ccccc34)cc21. The third-order valence-electron chi connectivity index (χ3n) is 7.19. The number of carboxylic acids is 1. The zero-order valence-corrected chi connectivity index (χ0v) is 19.7. The van der Waals surface area contributed by atoms with Crippen molar-refractivity contribution in [3.63, 3.8) is 0 Å². The van der Waals surface area contributed by atoms with E-state index < -0.39 is 5.97 Å². The quantitative estimate of drug-likeness (QED) is 0.296. The van der Waals surface area contributed by atoms with Gasteiger partial charge in [0.05, 0.1) is 11.3 Å². The van der Waals surface area contributed by atoms with Gasteiger partial charge in [0.1, 0.15) is 0 Å². The Bertz CT molecular complexity index is 1600. The Balaban J connectivity index is 1.57. The first kappa shape index (κ1) is 21.2. The summed E-state index contributed by atoms with van der Waals surface area (Å²) in [5, 5.41) is 11.9. The average molecular weight is 456 g/mol. The maximum Gasteiger partial charge on any atom is 0.335 e. The molecule has 1 aliphatic rings. The molecule has 5 aromatic rings. The molecule has 0 saturated carbocycles.